The van der Waals surface area contributed by atoms with Crippen LogP contribution in [0.4, 0.5) is 11.4 Å². The highest BCUT2D eigenvalue weighted by Crippen LogP contribution is 2.16. The third-order valence-corrected chi connectivity index (χ3v) is 4.99. The van der Waals surface area contributed by atoms with E-state index in [2.05, 4.69) is 10.6 Å². The first kappa shape index (κ1) is 21.4. The number of hydrogen-bond acceptors (Lipinski definition) is 5. The molecule has 0 radical (unpaired) electrons. The molecule has 2 aromatic carbocycles. The zero-order valence-electron chi connectivity index (χ0n) is 15.9. The summed E-state index contributed by atoms with van der Waals surface area (Å²) in [5.74, 6) is -0.0493. The molecule has 0 saturated heterocycles. The molecule has 0 aliphatic carbocycles. The van der Waals surface area contributed by atoms with Crippen molar-refractivity contribution in [3.63, 3.8) is 0 Å². The topological polar surface area (TPSA) is 105 Å². The van der Waals surface area contributed by atoms with Crippen LogP contribution >= 0.6 is 0 Å². The molecule has 2 aromatic rings. The maximum atomic E-state index is 12.0. The molecule has 0 aromatic heterocycles. The summed E-state index contributed by atoms with van der Waals surface area (Å²) in [6, 6.07) is 13.6. The molecular weight excluding hydrogens is 382 g/mol. The number of amides is 2. The summed E-state index contributed by atoms with van der Waals surface area (Å²) in [7, 11) is -1.74. The number of rotatable bonds is 8. The lowest BCUT2D eigenvalue weighted by molar-refractivity contribution is -0.118. The molecule has 9 heteroatoms. The van der Waals surface area contributed by atoms with Gasteiger partial charge >= 0.3 is 0 Å². The predicted molar refractivity (Wildman–Crippen MR) is 108 cm³/mol. The number of carbonyl (C=O) groups is 2. The summed E-state index contributed by atoms with van der Waals surface area (Å²) in [5.41, 5.74) is 1.93. The molecule has 0 atom stereocenters. The van der Waals surface area contributed by atoms with Crippen molar-refractivity contribution in [3.05, 3.63) is 54.1 Å². The van der Waals surface area contributed by atoms with Gasteiger partial charge in [0.1, 0.15) is 5.75 Å². The maximum Gasteiger partial charge on any atom is 0.262 e. The van der Waals surface area contributed by atoms with E-state index >= 15 is 0 Å². The smallest absolute Gasteiger partial charge is 0.262 e. The van der Waals surface area contributed by atoms with Gasteiger partial charge in [0.2, 0.25) is 15.9 Å². The van der Waals surface area contributed by atoms with Gasteiger partial charge in [-0.25, -0.2) is 12.7 Å². The number of nitrogens with zero attached hydrogens (tertiary/aromatic N) is 1. The molecule has 0 aliphatic rings. The van der Waals surface area contributed by atoms with Crippen LogP contribution in [0.2, 0.25) is 0 Å². The van der Waals surface area contributed by atoms with Crippen molar-refractivity contribution < 1.29 is 22.7 Å². The fourth-order valence-electron chi connectivity index (χ4n) is 2.29. The minimum absolute atomic E-state index is 0.188. The Bertz CT molecular complexity index is 942. The number of hydrogen-bond donors (Lipinski definition) is 2. The Morgan fingerprint density at radius 3 is 2.21 bits per heavy atom. The van der Waals surface area contributed by atoms with Crippen LogP contribution in [0, 0.1) is 0 Å². The van der Waals surface area contributed by atoms with E-state index in [9.17, 15) is 18.0 Å². The van der Waals surface area contributed by atoms with Crippen molar-refractivity contribution in [1.82, 2.24) is 4.31 Å². The summed E-state index contributed by atoms with van der Waals surface area (Å²) in [6.45, 7) is 1.47. The standard InChI is InChI=1S/C19H23N3O5S/c1-14(23)20-16-5-4-6-17(11-16)21-19(24)13-27-18-9-7-15(8-10-18)12-22(2)28(3,25)26/h4-11H,12-13H2,1-3H3,(H,20,23)(H,21,24). The van der Waals surface area contributed by atoms with Crippen LogP contribution in [0.5, 0.6) is 5.75 Å². The Hall–Kier alpha value is -2.91. The summed E-state index contributed by atoms with van der Waals surface area (Å²) in [5, 5.41) is 5.33. The molecule has 0 spiro atoms. The van der Waals surface area contributed by atoms with E-state index in [1.54, 1.807) is 48.5 Å². The molecule has 2 amide bonds. The number of sulfonamides is 1. The Morgan fingerprint density at radius 2 is 1.64 bits per heavy atom. The van der Waals surface area contributed by atoms with Crippen molar-refractivity contribution >= 4 is 33.2 Å². The number of carbonyl (C=O) groups excluding carboxylic acids is 2. The van der Waals surface area contributed by atoms with Gasteiger partial charge in [-0.1, -0.05) is 18.2 Å². The first-order valence-corrected chi connectivity index (χ1v) is 10.3. The van der Waals surface area contributed by atoms with E-state index in [-0.39, 0.29) is 25.0 Å². The summed E-state index contributed by atoms with van der Waals surface area (Å²) < 4.78 is 29.6. The lowest BCUT2D eigenvalue weighted by Gasteiger charge is -2.14. The average molecular weight is 405 g/mol. The molecule has 2 rings (SSSR count). The maximum absolute atomic E-state index is 12.0. The van der Waals surface area contributed by atoms with Gasteiger partial charge in [0.25, 0.3) is 5.91 Å². The summed E-state index contributed by atoms with van der Waals surface area (Å²) in [4.78, 5) is 23.1. The molecule has 8 nitrogen and oxygen atoms in total. The molecule has 28 heavy (non-hydrogen) atoms. The van der Waals surface area contributed by atoms with Crippen LogP contribution in [-0.4, -0.2) is 44.4 Å². The lowest BCUT2D eigenvalue weighted by Crippen LogP contribution is -2.24. The molecule has 0 fully saturated rings. The fourth-order valence-corrected chi connectivity index (χ4v) is 2.67. The molecule has 150 valence electrons. The van der Waals surface area contributed by atoms with Crippen LogP contribution in [0.3, 0.4) is 0 Å². The third-order valence-electron chi connectivity index (χ3n) is 3.73. The molecule has 0 heterocycles. The van der Waals surface area contributed by atoms with Gasteiger partial charge < -0.3 is 15.4 Å². The van der Waals surface area contributed by atoms with Gasteiger partial charge in [0.05, 0.1) is 6.26 Å². The van der Waals surface area contributed by atoms with Gasteiger partial charge in [0.15, 0.2) is 6.61 Å². The van der Waals surface area contributed by atoms with Gasteiger partial charge in [0, 0.05) is 31.9 Å². The van der Waals surface area contributed by atoms with E-state index in [4.69, 9.17) is 4.74 Å². The summed E-state index contributed by atoms with van der Waals surface area (Å²) in [6.07, 6.45) is 1.15. The number of ether oxygens (including phenoxy) is 1. The Balaban J connectivity index is 1.86. The highest BCUT2D eigenvalue weighted by atomic mass is 32.2. The van der Waals surface area contributed by atoms with Crippen LogP contribution in [-0.2, 0) is 26.2 Å². The third kappa shape index (κ3) is 7.01. The molecule has 0 aliphatic heterocycles. The van der Waals surface area contributed by atoms with Crippen LogP contribution in [0.15, 0.2) is 48.5 Å². The molecule has 2 N–H and O–H groups in total. The van der Waals surface area contributed by atoms with Crippen LogP contribution < -0.4 is 15.4 Å². The van der Waals surface area contributed by atoms with Crippen molar-refractivity contribution in [3.8, 4) is 5.75 Å². The molecular formula is C19H23N3O5S. The fraction of sp³-hybridized carbons (Fsp3) is 0.263. The van der Waals surface area contributed by atoms with E-state index in [1.165, 1.54) is 18.3 Å². The van der Waals surface area contributed by atoms with E-state index in [0.29, 0.717) is 17.1 Å². The van der Waals surface area contributed by atoms with Gasteiger partial charge in [-0.05, 0) is 35.9 Å². The van der Waals surface area contributed by atoms with Crippen molar-refractivity contribution in [2.45, 2.75) is 13.5 Å². The van der Waals surface area contributed by atoms with E-state index < -0.39 is 10.0 Å². The van der Waals surface area contributed by atoms with Crippen molar-refractivity contribution in [1.29, 1.82) is 0 Å². The van der Waals surface area contributed by atoms with E-state index in [0.717, 1.165) is 11.8 Å². The number of nitrogens with one attached hydrogen (secondary N) is 2. The zero-order chi connectivity index (χ0) is 20.7. The first-order valence-electron chi connectivity index (χ1n) is 8.44. The van der Waals surface area contributed by atoms with Gasteiger partial charge in [-0.15, -0.1) is 0 Å². The number of anilines is 2. The summed E-state index contributed by atoms with van der Waals surface area (Å²) >= 11 is 0. The van der Waals surface area contributed by atoms with Crippen LogP contribution in [0.25, 0.3) is 0 Å². The predicted octanol–water partition coefficient (Wildman–Crippen LogP) is 2.05. The SMILES string of the molecule is CC(=O)Nc1cccc(NC(=O)COc2ccc(CN(C)S(C)(=O)=O)cc2)c1. The highest BCUT2D eigenvalue weighted by molar-refractivity contribution is 7.88. The minimum atomic E-state index is -3.25. The van der Waals surface area contributed by atoms with Crippen molar-refractivity contribution in [2.24, 2.45) is 0 Å². The quantitative estimate of drug-likeness (QED) is 0.699. The molecule has 0 saturated carbocycles. The lowest BCUT2D eigenvalue weighted by atomic mass is 10.2. The van der Waals surface area contributed by atoms with Crippen molar-refractivity contribution in [2.75, 3.05) is 30.5 Å². The largest absolute Gasteiger partial charge is 0.484 e. The van der Waals surface area contributed by atoms with Gasteiger partial charge in [-0.3, -0.25) is 9.59 Å². The average Bonchev–Trinajstić information content (AvgIpc) is 2.60. The monoisotopic (exact) mass is 405 g/mol. The zero-order valence-corrected chi connectivity index (χ0v) is 16.7. The second-order valence-electron chi connectivity index (χ2n) is 6.26. The number of benzene rings is 2. The highest BCUT2D eigenvalue weighted by Gasteiger charge is 2.11. The van der Waals surface area contributed by atoms with Gasteiger partial charge in [-0.2, -0.15) is 0 Å². The second-order valence-corrected chi connectivity index (χ2v) is 8.35. The van der Waals surface area contributed by atoms with E-state index in [1.807, 2.05) is 0 Å². The Morgan fingerprint density at radius 1 is 1.04 bits per heavy atom. The van der Waals surface area contributed by atoms with Crippen LogP contribution in [0.1, 0.15) is 12.5 Å². The first-order chi connectivity index (χ1) is 13.1. The second kappa shape index (κ2) is 9.34. The Kier molecular flexibility index (Phi) is 7.13. The Labute approximate surface area is 164 Å². The molecule has 0 unspecified atom stereocenters. The minimum Gasteiger partial charge on any atom is -0.484 e. The molecule has 0 bridgehead atoms. The normalized spacial score (nSPS) is 11.1.